The lowest BCUT2D eigenvalue weighted by Crippen LogP contribution is -2.51. The van der Waals surface area contributed by atoms with Crippen LogP contribution in [0.3, 0.4) is 0 Å². The Labute approximate surface area is 107 Å². The standard InChI is InChI=1S/C13H18N2OS/c1-4-14-5-2-11(1)9-15-6-8-17-13-10-16-7-3-12(13)15/h1-2,4-5,12-13H,3,6-10H2. The summed E-state index contributed by atoms with van der Waals surface area (Å²) in [5.41, 5.74) is 1.37. The van der Waals surface area contributed by atoms with Crippen LogP contribution in [0.1, 0.15) is 12.0 Å². The second kappa shape index (κ2) is 5.38. The summed E-state index contributed by atoms with van der Waals surface area (Å²) >= 11 is 2.08. The Morgan fingerprint density at radius 1 is 1.41 bits per heavy atom. The zero-order chi connectivity index (χ0) is 11.5. The number of ether oxygens (including phenoxy) is 1. The number of nitrogens with zero attached hydrogens (tertiary/aromatic N) is 2. The van der Waals surface area contributed by atoms with E-state index in [4.69, 9.17) is 4.74 Å². The van der Waals surface area contributed by atoms with Crippen molar-refractivity contribution in [3.05, 3.63) is 30.1 Å². The van der Waals surface area contributed by atoms with Crippen LogP contribution in [0.2, 0.25) is 0 Å². The largest absolute Gasteiger partial charge is 0.380 e. The summed E-state index contributed by atoms with van der Waals surface area (Å²) in [4.78, 5) is 6.70. The van der Waals surface area contributed by atoms with Gasteiger partial charge in [0.1, 0.15) is 0 Å². The van der Waals surface area contributed by atoms with Gasteiger partial charge in [0.25, 0.3) is 0 Å². The summed E-state index contributed by atoms with van der Waals surface area (Å²) in [6.45, 7) is 4.12. The van der Waals surface area contributed by atoms with Crippen LogP contribution in [0, 0.1) is 0 Å². The molecule has 0 amide bonds. The molecule has 0 N–H and O–H groups in total. The van der Waals surface area contributed by atoms with E-state index in [1.165, 1.54) is 24.3 Å². The van der Waals surface area contributed by atoms with Crippen molar-refractivity contribution in [3.63, 3.8) is 0 Å². The van der Waals surface area contributed by atoms with Crippen molar-refractivity contribution in [2.75, 3.05) is 25.5 Å². The minimum Gasteiger partial charge on any atom is -0.380 e. The molecule has 1 aromatic heterocycles. The van der Waals surface area contributed by atoms with Crippen LogP contribution in [0.4, 0.5) is 0 Å². The molecule has 2 saturated heterocycles. The highest BCUT2D eigenvalue weighted by atomic mass is 32.2. The van der Waals surface area contributed by atoms with E-state index in [0.717, 1.165) is 19.8 Å². The summed E-state index contributed by atoms with van der Waals surface area (Å²) in [6.07, 6.45) is 4.95. The zero-order valence-corrected chi connectivity index (χ0v) is 10.7. The molecule has 2 unspecified atom stereocenters. The summed E-state index contributed by atoms with van der Waals surface area (Å²) in [7, 11) is 0. The molecular formula is C13H18N2OS. The van der Waals surface area contributed by atoms with E-state index in [2.05, 4.69) is 33.8 Å². The minimum atomic E-state index is 0.680. The van der Waals surface area contributed by atoms with Crippen molar-refractivity contribution in [2.45, 2.75) is 24.3 Å². The Morgan fingerprint density at radius 2 is 2.29 bits per heavy atom. The maximum atomic E-state index is 5.58. The Kier molecular flexibility index (Phi) is 3.64. The van der Waals surface area contributed by atoms with Gasteiger partial charge in [0.05, 0.1) is 6.61 Å². The third-order valence-electron chi connectivity index (χ3n) is 3.58. The molecule has 0 saturated carbocycles. The zero-order valence-electron chi connectivity index (χ0n) is 9.92. The van der Waals surface area contributed by atoms with Crippen LogP contribution < -0.4 is 0 Å². The van der Waals surface area contributed by atoms with Crippen LogP contribution in [-0.4, -0.2) is 46.7 Å². The quantitative estimate of drug-likeness (QED) is 0.799. The van der Waals surface area contributed by atoms with E-state index in [1.807, 2.05) is 12.4 Å². The first-order valence-electron chi connectivity index (χ1n) is 6.26. The number of rotatable bonds is 2. The first-order chi connectivity index (χ1) is 8.43. The predicted molar refractivity (Wildman–Crippen MR) is 70.1 cm³/mol. The molecule has 0 aliphatic carbocycles. The van der Waals surface area contributed by atoms with Gasteiger partial charge in [0, 0.05) is 49.1 Å². The fourth-order valence-corrected chi connectivity index (χ4v) is 4.05. The van der Waals surface area contributed by atoms with Gasteiger partial charge in [0.2, 0.25) is 0 Å². The lowest BCUT2D eigenvalue weighted by molar-refractivity contribution is 0.0351. The average Bonchev–Trinajstić information content (AvgIpc) is 2.40. The number of hydrogen-bond acceptors (Lipinski definition) is 4. The van der Waals surface area contributed by atoms with Gasteiger partial charge in [-0.2, -0.15) is 11.8 Å². The van der Waals surface area contributed by atoms with Crippen molar-refractivity contribution < 1.29 is 4.74 Å². The molecule has 2 atom stereocenters. The SMILES string of the molecule is c1cc(CN2CCSC3COCCC32)ccn1. The summed E-state index contributed by atoms with van der Waals surface area (Å²) in [5, 5.41) is 0.680. The Balaban J connectivity index is 1.69. The number of hydrogen-bond donors (Lipinski definition) is 0. The van der Waals surface area contributed by atoms with Crippen LogP contribution in [0.25, 0.3) is 0 Å². The van der Waals surface area contributed by atoms with Gasteiger partial charge in [-0.25, -0.2) is 0 Å². The first kappa shape index (κ1) is 11.5. The van der Waals surface area contributed by atoms with Gasteiger partial charge in [-0.15, -0.1) is 0 Å². The van der Waals surface area contributed by atoms with Crippen molar-refractivity contribution in [3.8, 4) is 0 Å². The van der Waals surface area contributed by atoms with E-state index >= 15 is 0 Å². The van der Waals surface area contributed by atoms with Gasteiger partial charge in [-0.1, -0.05) is 0 Å². The third-order valence-corrected chi connectivity index (χ3v) is 4.88. The molecule has 2 aliphatic rings. The molecule has 3 nitrogen and oxygen atoms in total. The number of fused-ring (bicyclic) bond motifs is 1. The highest BCUT2D eigenvalue weighted by Crippen LogP contribution is 2.30. The Hall–Kier alpha value is -0.580. The van der Waals surface area contributed by atoms with Gasteiger partial charge in [-0.05, 0) is 24.1 Å². The molecule has 3 rings (SSSR count). The number of aromatic nitrogens is 1. The van der Waals surface area contributed by atoms with E-state index in [-0.39, 0.29) is 0 Å². The molecule has 17 heavy (non-hydrogen) atoms. The van der Waals surface area contributed by atoms with Crippen molar-refractivity contribution >= 4 is 11.8 Å². The van der Waals surface area contributed by atoms with Crippen molar-refractivity contribution in [2.24, 2.45) is 0 Å². The summed E-state index contributed by atoms with van der Waals surface area (Å²) < 4.78 is 5.58. The average molecular weight is 250 g/mol. The van der Waals surface area contributed by atoms with E-state index in [9.17, 15) is 0 Å². The highest BCUT2D eigenvalue weighted by Gasteiger charge is 2.34. The molecular weight excluding hydrogens is 232 g/mol. The number of pyridine rings is 1. The van der Waals surface area contributed by atoms with Gasteiger partial charge < -0.3 is 4.74 Å². The normalized spacial score (nSPS) is 29.9. The first-order valence-corrected chi connectivity index (χ1v) is 7.30. The van der Waals surface area contributed by atoms with E-state index < -0.39 is 0 Å². The topological polar surface area (TPSA) is 25.4 Å². The highest BCUT2D eigenvalue weighted by molar-refractivity contribution is 8.00. The van der Waals surface area contributed by atoms with Gasteiger partial charge >= 0.3 is 0 Å². The molecule has 2 aliphatic heterocycles. The molecule has 0 aromatic carbocycles. The van der Waals surface area contributed by atoms with E-state index in [0.29, 0.717) is 11.3 Å². The van der Waals surface area contributed by atoms with Crippen molar-refractivity contribution in [1.82, 2.24) is 9.88 Å². The predicted octanol–water partition coefficient (Wildman–Crippen LogP) is 1.79. The van der Waals surface area contributed by atoms with Crippen LogP contribution in [0.5, 0.6) is 0 Å². The van der Waals surface area contributed by atoms with Crippen LogP contribution in [0.15, 0.2) is 24.5 Å². The Bertz CT molecular complexity index is 358. The Morgan fingerprint density at radius 3 is 3.18 bits per heavy atom. The fraction of sp³-hybridized carbons (Fsp3) is 0.615. The summed E-state index contributed by atoms with van der Waals surface area (Å²) in [5.74, 6) is 1.23. The van der Waals surface area contributed by atoms with E-state index in [1.54, 1.807) is 0 Å². The maximum Gasteiger partial charge on any atom is 0.0600 e. The molecule has 0 radical (unpaired) electrons. The molecule has 2 fully saturated rings. The summed E-state index contributed by atoms with van der Waals surface area (Å²) in [6, 6.07) is 4.95. The second-order valence-electron chi connectivity index (χ2n) is 4.67. The van der Waals surface area contributed by atoms with Crippen LogP contribution >= 0.6 is 11.8 Å². The van der Waals surface area contributed by atoms with Gasteiger partial charge in [-0.3, -0.25) is 9.88 Å². The monoisotopic (exact) mass is 250 g/mol. The number of thioether (sulfide) groups is 1. The van der Waals surface area contributed by atoms with Gasteiger partial charge in [0.15, 0.2) is 0 Å². The molecule has 0 spiro atoms. The maximum absolute atomic E-state index is 5.58. The fourth-order valence-electron chi connectivity index (χ4n) is 2.68. The lowest BCUT2D eigenvalue weighted by atomic mass is 10.1. The third kappa shape index (κ3) is 2.64. The molecule has 3 heterocycles. The van der Waals surface area contributed by atoms with Crippen molar-refractivity contribution in [1.29, 1.82) is 0 Å². The molecule has 0 bridgehead atoms. The van der Waals surface area contributed by atoms with Crippen LogP contribution in [-0.2, 0) is 11.3 Å². The molecule has 4 heteroatoms. The minimum absolute atomic E-state index is 0.680. The second-order valence-corrected chi connectivity index (χ2v) is 6.01. The molecule has 1 aromatic rings. The smallest absolute Gasteiger partial charge is 0.0600 e. The molecule has 92 valence electrons. The lowest BCUT2D eigenvalue weighted by Gasteiger charge is -2.43.